The van der Waals surface area contributed by atoms with E-state index in [0.29, 0.717) is 28.4 Å². The Morgan fingerprint density at radius 1 is 1.34 bits per heavy atom. The monoisotopic (exact) mass is 475 g/mol. The van der Waals surface area contributed by atoms with E-state index in [1.54, 1.807) is 0 Å². The van der Waals surface area contributed by atoms with Crippen molar-refractivity contribution in [3.8, 4) is 10.6 Å². The predicted molar refractivity (Wildman–Crippen MR) is 127 cm³/mol. The lowest BCUT2D eigenvalue weighted by Crippen LogP contribution is -2.46. The lowest BCUT2D eigenvalue weighted by atomic mass is 10.0. The number of likely N-dealkylation sites (tertiary alicyclic amines) is 1. The third kappa shape index (κ3) is 4.92. The highest BCUT2D eigenvalue weighted by Crippen LogP contribution is 2.31. The van der Waals surface area contributed by atoms with Gasteiger partial charge in [-0.2, -0.15) is 0 Å². The van der Waals surface area contributed by atoms with E-state index in [1.165, 1.54) is 11.3 Å². The Bertz CT molecular complexity index is 1080. The van der Waals surface area contributed by atoms with Crippen LogP contribution in [0, 0.1) is 6.92 Å². The van der Waals surface area contributed by atoms with Crippen molar-refractivity contribution in [1.82, 2.24) is 24.9 Å². The molecule has 0 spiro atoms. The number of amides is 1. The van der Waals surface area contributed by atoms with Gasteiger partial charge in [0.25, 0.3) is 5.91 Å². The molecule has 0 unspecified atom stereocenters. The minimum atomic E-state index is -0.0898. The van der Waals surface area contributed by atoms with Gasteiger partial charge in [-0.1, -0.05) is 23.7 Å². The Morgan fingerprint density at radius 2 is 2.09 bits per heavy atom. The largest absolute Gasteiger partial charge is 0.355 e. The molecule has 1 saturated heterocycles. The molecular weight excluding hydrogens is 446 g/mol. The molecule has 0 radical (unpaired) electrons. The van der Waals surface area contributed by atoms with E-state index in [-0.39, 0.29) is 11.9 Å². The molecule has 32 heavy (non-hydrogen) atoms. The maximum atomic E-state index is 13.0. The van der Waals surface area contributed by atoms with Crippen LogP contribution in [0.5, 0.6) is 0 Å². The predicted octanol–water partition coefficient (Wildman–Crippen LogP) is 4.77. The second-order valence-electron chi connectivity index (χ2n) is 8.57. The zero-order chi connectivity index (χ0) is 22.8. The number of rotatable bonds is 7. The Morgan fingerprint density at radius 3 is 2.72 bits per heavy atom. The Kier molecular flexibility index (Phi) is 7.02. The maximum absolute atomic E-state index is 13.0. The molecule has 1 N–H and O–H groups in total. The smallest absolute Gasteiger partial charge is 0.271 e. The Hall–Kier alpha value is -2.16. The van der Waals surface area contributed by atoms with E-state index < -0.39 is 0 Å². The number of aromatic nitrogens is 3. The molecule has 9 heteroatoms. The van der Waals surface area contributed by atoms with Crippen molar-refractivity contribution >= 4 is 28.8 Å². The second kappa shape index (κ2) is 9.77. The number of aryl methyl sites for hydroxylation is 1. The molecule has 0 aliphatic carbocycles. The minimum Gasteiger partial charge on any atom is -0.355 e. The Labute approximate surface area is 197 Å². The number of piperidine rings is 1. The average molecular weight is 476 g/mol. The summed E-state index contributed by atoms with van der Waals surface area (Å²) < 4.78 is 8.28. The topological polar surface area (TPSA) is 76.2 Å². The summed E-state index contributed by atoms with van der Waals surface area (Å²) in [6.07, 6.45) is 2.67. The van der Waals surface area contributed by atoms with Crippen LogP contribution in [0.3, 0.4) is 0 Å². The number of hydrogen-bond acceptors (Lipinski definition) is 6. The second-order valence-corrected chi connectivity index (χ2v) is 10.3. The van der Waals surface area contributed by atoms with Crippen LogP contribution >= 0.6 is 22.9 Å². The normalized spacial score (nSPS) is 15.6. The zero-order valence-corrected chi connectivity index (χ0v) is 20.6. The van der Waals surface area contributed by atoms with Crippen LogP contribution in [-0.2, 0) is 13.0 Å². The van der Waals surface area contributed by atoms with Crippen molar-refractivity contribution in [3.05, 3.63) is 45.4 Å². The molecule has 7 nitrogen and oxygen atoms in total. The maximum Gasteiger partial charge on any atom is 0.271 e. The van der Waals surface area contributed by atoms with Crippen LogP contribution in [0.1, 0.15) is 61.3 Å². The molecule has 0 saturated carbocycles. The van der Waals surface area contributed by atoms with E-state index in [1.807, 2.05) is 32.0 Å². The number of carbonyl (C=O) groups is 1. The summed E-state index contributed by atoms with van der Waals surface area (Å²) in [5.74, 6) is 1.47. The number of nitrogens with one attached hydrogen (secondary N) is 1. The SMILES string of the molecule is CCc1nc(C(=O)NC2CCN(C(C)C)CC2)c(C)n1Cc1cc(-c2ccc(Cl)s2)on1. The fourth-order valence-electron chi connectivity index (χ4n) is 4.21. The Balaban J connectivity index is 1.46. The molecule has 0 atom stereocenters. The number of imidazole rings is 1. The standard InChI is InChI=1S/C23H30ClN5O2S/c1-5-21-26-22(23(30)25-16-8-10-28(11-9-16)14(2)3)15(4)29(21)13-17-12-18(31-27-17)19-6-7-20(24)32-19/h6-7,12,14,16H,5,8-11,13H2,1-4H3,(H,25,30). The summed E-state index contributed by atoms with van der Waals surface area (Å²) in [4.78, 5) is 21.1. The molecule has 4 rings (SSSR count). The summed E-state index contributed by atoms with van der Waals surface area (Å²) in [6.45, 7) is 11.0. The van der Waals surface area contributed by atoms with E-state index in [9.17, 15) is 4.79 Å². The summed E-state index contributed by atoms with van der Waals surface area (Å²) >= 11 is 7.49. The highest BCUT2D eigenvalue weighted by atomic mass is 35.5. The zero-order valence-electron chi connectivity index (χ0n) is 19.0. The van der Waals surface area contributed by atoms with E-state index in [2.05, 4.69) is 38.8 Å². The molecule has 1 aliphatic rings. The molecule has 0 aromatic carbocycles. The molecule has 0 bridgehead atoms. The minimum absolute atomic E-state index is 0.0898. The molecule has 1 aliphatic heterocycles. The average Bonchev–Trinajstić information content (AvgIpc) is 3.48. The molecule has 1 amide bonds. The fraction of sp³-hybridized carbons (Fsp3) is 0.522. The van der Waals surface area contributed by atoms with Crippen molar-refractivity contribution in [3.63, 3.8) is 0 Å². The van der Waals surface area contributed by atoms with Gasteiger partial charge in [-0.3, -0.25) is 4.79 Å². The van der Waals surface area contributed by atoms with Gasteiger partial charge in [0, 0.05) is 43.4 Å². The quantitative estimate of drug-likeness (QED) is 0.532. The lowest BCUT2D eigenvalue weighted by Gasteiger charge is -2.34. The van der Waals surface area contributed by atoms with E-state index >= 15 is 0 Å². The van der Waals surface area contributed by atoms with Gasteiger partial charge in [0.1, 0.15) is 17.2 Å². The first-order chi connectivity index (χ1) is 15.4. The van der Waals surface area contributed by atoms with Crippen LogP contribution in [0.25, 0.3) is 10.6 Å². The summed E-state index contributed by atoms with van der Waals surface area (Å²) in [5, 5.41) is 7.42. The highest BCUT2D eigenvalue weighted by Gasteiger charge is 2.25. The summed E-state index contributed by atoms with van der Waals surface area (Å²) in [5.41, 5.74) is 2.14. The van der Waals surface area contributed by atoms with Gasteiger partial charge >= 0.3 is 0 Å². The third-order valence-corrected chi connectivity index (χ3v) is 7.37. The number of carbonyl (C=O) groups excluding carboxylic acids is 1. The lowest BCUT2D eigenvalue weighted by molar-refractivity contribution is 0.0895. The number of halogens is 1. The third-order valence-electron chi connectivity index (χ3n) is 6.12. The van der Waals surface area contributed by atoms with Gasteiger partial charge in [0.2, 0.25) is 0 Å². The van der Waals surface area contributed by atoms with Crippen molar-refractivity contribution < 1.29 is 9.32 Å². The molecule has 3 aromatic rings. The summed E-state index contributed by atoms with van der Waals surface area (Å²) in [6, 6.07) is 6.43. The van der Waals surface area contributed by atoms with Gasteiger partial charge in [0.15, 0.2) is 5.76 Å². The van der Waals surface area contributed by atoms with Crippen LogP contribution < -0.4 is 5.32 Å². The van der Waals surface area contributed by atoms with Gasteiger partial charge in [-0.25, -0.2) is 4.98 Å². The summed E-state index contributed by atoms with van der Waals surface area (Å²) in [7, 11) is 0. The van der Waals surface area contributed by atoms with Gasteiger partial charge in [-0.05, 0) is 45.7 Å². The number of hydrogen-bond donors (Lipinski definition) is 1. The molecule has 3 aromatic heterocycles. The molecule has 4 heterocycles. The highest BCUT2D eigenvalue weighted by molar-refractivity contribution is 7.19. The van der Waals surface area contributed by atoms with Crippen molar-refractivity contribution in [2.45, 2.75) is 65.6 Å². The molecular formula is C23H30ClN5O2S. The van der Waals surface area contributed by atoms with Crippen molar-refractivity contribution in [1.29, 1.82) is 0 Å². The molecule has 172 valence electrons. The number of nitrogens with zero attached hydrogens (tertiary/aromatic N) is 4. The van der Waals surface area contributed by atoms with Gasteiger partial charge < -0.3 is 19.3 Å². The van der Waals surface area contributed by atoms with Crippen molar-refractivity contribution in [2.24, 2.45) is 0 Å². The molecule has 1 fully saturated rings. The van der Waals surface area contributed by atoms with E-state index in [4.69, 9.17) is 16.1 Å². The first-order valence-electron chi connectivity index (χ1n) is 11.2. The first kappa shape index (κ1) is 23.0. The first-order valence-corrected chi connectivity index (χ1v) is 12.4. The van der Waals surface area contributed by atoms with E-state index in [0.717, 1.165) is 54.4 Å². The fourth-order valence-corrected chi connectivity index (χ4v) is 5.20. The van der Waals surface area contributed by atoms with Gasteiger partial charge in [-0.15, -0.1) is 11.3 Å². The number of thiophene rings is 1. The van der Waals surface area contributed by atoms with Crippen LogP contribution in [0.2, 0.25) is 4.34 Å². The van der Waals surface area contributed by atoms with Crippen LogP contribution in [-0.4, -0.2) is 50.7 Å². The van der Waals surface area contributed by atoms with Crippen molar-refractivity contribution in [2.75, 3.05) is 13.1 Å². The van der Waals surface area contributed by atoms with Crippen LogP contribution in [0.4, 0.5) is 0 Å². The van der Waals surface area contributed by atoms with Gasteiger partial charge in [0.05, 0.1) is 15.8 Å². The van der Waals surface area contributed by atoms with Crippen LogP contribution in [0.15, 0.2) is 22.7 Å².